The van der Waals surface area contributed by atoms with Crippen molar-refractivity contribution in [1.29, 1.82) is 0 Å². The van der Waals surface area contributed by atoms with E-state index in [4.69, 9.17) is 5.21 Å². The van der Waals surface area contributed by atoms with E-state index in [2.05, 4.69) is 5.16 Å². The summed E-state index contributed by atoms with van der Waals surface area (Å²) in [5.74, 6) is 0.0139. The van der Waals surface area contributed by atoms with Crippen molar-refractivity contribution in [2.75, 3.05) is 0 Å². The molecule has 1 aliphatic carbocycles. The van der Waals surface area contributed by atoms with Crippen LogP contribution in [0.25, 0.3) is 0 Å². The van der Waals surface area contributed by atoms with E-state index in [0.29, 0.717) is 18.6 Å². The Bertz CT molecular complexity index is 163. The van der Waals surface area contributed by atoms with Crippen LogP contribution in [0.5, 0.6) is 0 Å². The molecule has 0 atom stereocenters. The second-order valence-electron chi connectivity index (χ2n) is 2.53. The van der Waals surface area contributed by atoms with Crippen molar-refractivity contribution in [3.8, 4) is 0 Å². The maximum atomic E-state index is 11.0. The van der Waals surface area contributed by atoms with Crippen molar-refractivity contribution in [3.05, 3.63) is 0 Å². The molecule has 0 aromatic heterocycles. The van der Waals surface area contributed by atoms with Crippen LogP contribution >= 0.6 is 0 Å². The second kappa shape index (κ2) is 3.34. The maximum Gasteiger partial charge on any atom is 0.180 e. The number of hydrogen-bond donors (Lipinski definition) is 1. The zero-order chi connectivity index (χ0) is 7.40. The van der Waals surface area contributed by atoms with Gasteiger partial charge < -0.3 is 5.21 Å². The molecule has 0 unspecified atom stereocenters. The number of carbonyl (C=O) groups is 1. The van der Waals surface area contributed by atoms with Crippen molar-refractivity contribution in [1.82, 2.24) is 0 Å². The van der Waals surface area contributed by atoms with Crippen molar-refractivity contribution in [2.45, 2.75) is 32.1 Å². The van der Waals surface area contributed by atoms with Gasteiger partial charge in [0.05, 0.1) is 0 Å². The van der Waals surface area contributed by atoms with E-state index in [0.717, 1.165) is 19.3 Å². The van der Waals surface area contributed by atoms with Crippen LogP contribution in [0.15, 0.2) is 5.16 Å². The predicted molar refractivity (Wildman–Crippen MR) is 37.3 cm³/mol. The number of Topliss-reactive ketones (excluding diaryl/α,β-unsaturated/α-hetero) is 1. The molecular formula is C7H11NO2. The highest BCUT2D eigenvalue weighted by Gasteiger charge is 2.14. The number of hydrogen-bond acceptors (Lipinski definition) is 3. The minimum atomic E-state index is 0.0139. The van der Waals surface area contributed by atoms with Gasteiger partial charge in [-0.25, -0.2) is 0 Å². The lowest BCUT2D eigenvalue weighted by Gasteiger charge is -1.93. The Hall–Kier alpha value is -0.860. The fourth-order valence-corrected chi connectivity index (χ4v) is 1.14. The third kappa shape index (κ3) is 1.56. The highest BCUT2D eigenvalue weighted by Crippen LogP contribution is 2.11. The molecule has 0 heterocycles. The molecule has 1 fully saturated rings. The summed E-state index contributed by atoms with van der Waals surface area (Å²) >= 11 is 0. The first-order valence-electron chi connectivity index (χ1n) is 3.58. The molecule has 0 bridgehead atoms. The molecule has 0 aromatic rings. The number of nitrogens with zero attached hydrogens (tertiary/aromatic N) is 1. The van der Waals surface area contributed by atoms with Crippen LogP contribution in [0.2, 0.25) is 0 Å². The Kier molecular flexibility index (Phi) is 2.42. The molecule has 0 saturated heterocycles. The quantitative estimate of drug-likeness (QED) is 0.314. The molecule has 0 aliphatic heterocycles. The standard InChI is InChI=1S/C7H11NO2/c9-7-5-3-1-2-4-6(7)8-10/h10H,1-5H2/b8-6+. The second-order valence-corrected chi connectivity index (χ2v) is 2.53. The summed E-state index contributed by atoms with van der Waals surface area (Å²) in [5, 5.41) is 11.3. The normalized spacial score (nSPS) is 24.8. The molecule has 10 heavy (non-hydrogen) atoms. The molecule has 0 aromatic carbocycles. The summed E-state index contributed by atoms with van der Waals surface area (Å²) < 4.78 is 0. The number of oxime groups is 1. The number of rotatable bonds is 0. The van der Waals surface area contributed by atoms with E-state index in [1.54, 1.807) is 0 Å². The van der Waals surface area contributed by atoms with Gasteiger partial charge in [-0.2, -0.15) is 0 Å². The average Bonchev–Trinajstić information content (AvgIpc) is 2.13. The van der Waals surface area contributed by atoms with Crippen molar-refractivity contribution < 1.29 is 10.0 Å². The van der Waals surface area contributed by atoms with Gasteiger partial charge in [-0.15, -0.1) is 0 Å². The lowest BCUT2D eigenvalue weighted by molar-refractivity contribution is -0.113. The Labute approximate surface area is 59.7 Å². The van der Waals surface area contributed by atoms with Crippen LogP contribution in [0.4, 0.5) is 0 Å². The van der Waals surface area contributed by atoms with Crippen LogP contribution in [-0.2, 0) is 4.79 Å². The minimum Gasteiger partial charge on any atom is -0.411 e. The Morgan fingerprint density at radius 2 is 1.90 bits per heavy atom. The Morgan fingerprint density at radius 1 is 1.20 bits per heavy atom. The van der Waals surface area contributed by atoms with Crippen LogP contribution in [0.3, 0.4) is 0 Å². The molecule has 1 saturated carbocycles. The van der Waals surface area contributed by atoms with Gasteiger partial charge in [-0.05, 0) is 19.3 Å². The molecule has 0 spiro atoms. The smallest absolute Gasteiger partial charge is 0.180 e. The summed E-state index contributed by atoms with van der Waals surface area (Å²) in [7, 11) is 0. The molecule has 1 aliphatic rings. The highest BCUT2D eigenvalue weighted by molar-refractivity contribution is 6.39. The lowest BCUT2D eigenvalue weighted by atomic mass is 10.1. The average molecular weight is 141 g/mol. The van der Waals surface area contributed by atoms with E-state index in [9.17, 15) is 4.79 Å². The molecule has 0 radical (unpaired) electrons. The molecule has 1 N–H and O–H groups in total. The van der Waals surface area contributed by atoms with Gasteiger partial charge in [0.15, 0.2) is 5.78 Å². The Balaban J connectivity index is 2.61. The van der Waals surface area contributed by atoms with Gasteiger partial charge in [0.25, 0.3) is 0 Å². The van der Waals surface area contributed by atoms with Gasteiger partial charge in [-0.3, -0.25) is 4.79 Å². The zero-order valence-electron chi connectivity index (χ0n) is 5.84. The number of carbonyl (C=O) groups excluding carboxylic acids is 1. The first-order valence-corrected chi connectivity index (χ1v) is 3.58. The van der Waals surface area contributed by atoms with E-state index in [1.165, 1.54) is 0 Å². The monoisotopic (exact) mass is 141 g/mol. The van der Waals surface area contributed by atoms with Gasteiger partial charge in [0.1, 0.15) is 5.71 Å². The van der Waals surface area contributed by atoms with Crippen LogP contribution in [0.1, 0.15) is 32.1 Å². The molecule has 0 amide bonds. The molecule has 3 heteroatoms. The Morgan fingerprint density at radius 3 is 2.60 bits per heavy atom. The van der Waals surface area contributed by atoms with Gasteiger partial charge >= 0.3 is 0 Å². The summed E-state index contributed by atoms with van der Waals surface area (Å²) in [6.45, 7) is 0. The van der Waals surface area contributed by atoms with Crippen LogP contribution in [-0.4, -0.2) is 16.7 Å². The molecule has 56 valence electrons. The van der Waals surface area contributed by atoms with Gasteiger partial charge in [0.2, 0.25) is 0 Å². The lowest BCUT2D eigenvalue weighted by Crippen LogP contribution is -2.10. The van der Waals surface area contributed by atoms with Crippen molar-refractivity contribution >= 4 is 11.5 Å². The van der Waals surface area contributed by atoms with E-state index in [1.807, 2.05) is 0 Å². The highest BCUT2D eigenvalue weighted by atomic mass is 16.4. The summed E-state index contributed by atoms with van der Waals surface area (Å²) in [6, 6.07) is 0. The van der Waals surface area contributed by atoms with Crippen LogP contribution < -0.4 is 0 Å². The molecule has 3 nitrogen and oxygen atoms in total. The van der Waals surface area contributed by atoms with Crippen molar-refractivity contribution in [2.24, 2.45) is 5.16 Å². The SMILES string of the molecule is O=C1CCCCC/C1=N\O. The largest absolute Gasteiger partial charge is 0.411 e. The first-order chi connectivity index (χ1) is 4.84. The zero-order valence-corrected chi connectivity index (χ0v) is 5.84. The molecule has 1 rings (SSSR count). The fraction of sp³-hybridized carbons (Fsp3) is 0.714. The van der Waals surface area contributed by atoms with Crippen LogP contribution in [0, 0.1) is 0 Å². The summed E-state index contributed by atoms with van der Waals surface area (Å²) in [5.41, 5.74) is 0.359. The third-order valence-corrected chi connectivity index (χ3v) is 1.76. The maximum absolute atomic E-state index is 11.0. The summed E-state index contributed by atoms with van der Waals surface area (Å²) in [6.07, 6.45) is 4.20. The van der Waals surface area contributed by atoms with E-state index in [-0.39, 0.29) is 5.78 Å². The van der Waals surface area contributed by atoms with E-state index >= 15 is 0 Å². The van der Waals surface area contributed by atoms with E-state index < -0.39 is 0 Å². The van der Waals surface area contributed by atoms with Gasteiger partial charge in [0, 0.05) is 6.42 Å². The number of ketones is 1. The molecular weight excluding hydrogens is 130 g/mol. The predicted octanol–water partition coefficient (Wildman–Crippen LogP) is 1.35. The third-order valence-electron chi connectivity index (χ3n) is 1.76. The fourth-order valence-electron chi connectivity index (χ4n) is 1.14. The van der Waals surface area contributed by atoms with Crippen molar-refractivity contribution in [3.63, 3.8) is 0 Å². The van der Waals surface area contributed by atoms with Gasteiger partial charge in [-0.1, -0.05) is 11.6 Å². The summed E-state index contributed by atoms with van der Waals surface area (Å²) in [4.78, 5) is 11.0. The topological polar surface area (TPSA) is 49.7 Å². The minimum absolute atomic E-state index is 0.0139. The first kappa shape index (κ1) is 7.25.